The van der Waals surface area contributed by atoms with Crippen LogP contribution in [-0.2, 0) is 4.74 Å². The minimum Gasteiger partial charge on any atom is -0.450 e. The molecule has 0 fully saturated rings. The van der Waals surface area contributed by atoms with Gasteiger partial charge in [-0.25, -0.2) is 4.79 Å². The summed E-state index contributed by atoms with van der Waals surface area (Å²) in [4.78, 5) is 12.3. The van der Waals surface area contributed by atoms with Crippen molar-refractivity contribution in [2.75, 3.05) is 11.9 Å². The Hall–Kier alpha value is -3.38. The van der Waals surface area contributed by atoms with Crippen LogP contribution in [0, 0.1) is 0 Å². The van der Waals surface area contributed by atoms with E-state index < -0.39 is 12.1 Å². The Labute approximate surface area is 182 Å². The van der Waals surface area contributed by atoms with E-state index in [0.717, 1.165) is 16.8 Å². The van der Waals surface area contributed by atoms with Gasteiger partial charge in [-0.15, -0.1) is 0 Å². The van der Waals surface area contributed by atoms with Crippen molar-refractivity contribution < 1.29 is 9.53 Å². The first-order valence-electron chi connectivity index (χ1n) is 9.83. The molecule has 0 bridgehead atoms. The molecule has 3 rings (SSSR count). The number of ether oxygens (including phenoxy) is 1. The van der Waals surface area contributed by atoms with E-state index in [9.17, 15) is 4.79 Å². The van der Waals surface area contributed by atoms with Gasteiger partial charge in [-0.05, 0) is 42.4 Å². The van der Waals surface area contributed by atoms with Gasteiger partial charge < -0.3 is 20.7 Å². The number of alkyl carbamates (subject to hydrolysis) is 1. The number of hydrogen-bond donors (Lipinski definition) is 3. The lowest BCUT2D eigenvalue weighted by atomic mass is 9.93. The molecule has 3 aromatic carbocycles. The fourth-order valence-corrected chi connectivity index (χ4v) is 3.41. The van der Waals surface area contributed by atoms with Crippen LogP contribution in [-0.4, -0.2) is 17.8 Å². The molecule has 0 aliphatic carbocycles. The number of carbonyl (C=O) groups is 1. The molecule has 0 saturated heterocycles. The first kappa shape index (κ1) is 21.3. The zero-order valence-corrected chi connectivity index (χ0v) is 17.6. The van der Waals surface area contributed by atoms with E-state index in [2.05, 4.69) is 16.0 Å². The molecule has 0 spiro atoms. The number of carbonyl (C=O) groups excluding carboxylic acids is 1. The fourth-order valence-electron chi connectivity index (χ4n) is 3.17. The summed E-state index contributed by atoms with van der Waals surface area (Å²) in [5.41, 5.74) is 2.81. The van der Waals surface area contributed by atoms with Crippen LogP contribution in [0.3, 0.4) is 0 Å². The average Bonchev–Trinajstić information content (AvgIpc) is 2.78. The SMILES string of the molecule is CCOC(=O)N[C@@H](c1ccccc1)[C@@H](NC(=S)Nc1ccccc1)c1ccccc1. The van der Waals surface area contributed by atoms with Crippen LogP contribution in [0.15, 0.2) is 91.0 Å². The van der Waals surface area contributed by atoms with Gasteiger partial charge in [0.05, 0.1) is 18.7 Å². The summed E-state index contributed by atoms with van der Waals surface area (Å²) in [6.45, 7) is 2.08. The summed E-state index contributed by atoms with van der Waals surface area (Å²) in [6.07, 6.45) is -0.476. The zero-order valence-electron chi connectivity index (χ0n) is 16.7. The number of rotatable bonds is 7. The number of hydrogen-bond acceptors (Lipinski definition) is 3. The molecule has 6 heteroatoms. The molecule has 154 valence electrons. The summed E-state index contributed by atoms with van der Waals surface area (Å²) in [6, 6.07) is 28.7. The molecule has 0 aliphatic rings. The van der Waals surface area contributed by atoms with E-state index in [0.29, 0.717) is 11.7 Å². The largest absolute Gasteiger partial charge is 0.450 e. The molecule has 3 N–H and O–H groups in total. The third-order valence-electron chi connectivity index (χ3n) is 4.52. The van der Waals surface area contributed by atoms with Crippen LogP contribution in [0.5, 0.6) is 0 Å². The Kier molecular flexibility index (Phi) is 7.80. The Morgan fingerprint density at radius 3 is 1.77 bits per heavy atom. The van der Waals surface area contributed by atoms with Crippen molar-refractivity contribution in [3.8, 4) is 0 Å². The van der Waals surface area contributed by atoms with Gasteiger partial charge in [0.25, 0.3) is 0 Å². The maximum Gasteiger partial charge on any atom is 0.407 e. The predicted octanol–water partition coefficient (Wildman–Crippen LogP) is 5.20. The number of benzene rings is 3. The quantitative estimate of drug-likeness (QED) is 0.459. The van der Waals surface area contributed by atoms with Gasteiger partial charge in [0.15, 0.2) is 5.11 Å². The summed E-state index contributed by atoms with van der Waals surface area (Å²) >= 11 is 5.58. The average molecular weight is 420 g/mol. The molecule has 0 heterocycles. The van der Waals surface area contributed by atoms with Gasteiger partial charge >= 0.3 is 6.09 Å². The van der Waals surface area contributed by atoms with E-state index in [-0.39, 0.29) is 6.04 Å². The molecule has 2 atom stereocenters. The van der Waals surface area contributed by atoms with Crippen LogP contribution in [0.4, 0.5) is 10.5 Å². The van der Waals surface area contributed by atoms with Gasteiger partial charge in [-0.1, -0.05) is 78.9 Å². The Morgan fingerprint density at radius 1 is 0.800 bits per heavy atom. The standard InChI is InChI=1S/C24H25N3O2S/c1-2-29-24(28)27-22(19-14-8-4-9-15-19)21(18-12-6-3-7-13-18)26-23(30)25-20-16-10-5-11-17-20/h3-17,21-22H,2H2,1H3,(H,27,28)(H2,25,26,30)/t21-,22-/m0/s1. The monoisotopic (exact) mass is 419 g/mol. The topological polar surface area (TPSA) is 62.4 Å². The highest BCUT2D eigenvalue weighted by atomic mass is 32.1. The van der Waals surface area contributed by atoms with Crippen molar-refractivity contribution in [1.82, 2.24) is 10.6 Å². The normalized spacial score (nSPS) is 12.3. The van der Waals surface area contributed by atoms with Gasteiger partial charge in [-0.3, -0.25) is 0 Å². The van der Waals surface area contributed by atoms with E-state index in [1.54, 1.807) is 6.92 Å². The number of nitrogens with one attached hydrogen (secondary N) is 3. The van der Waals surface area contributed by atoms with Gasteiger partial charge in [0.1, 0.15) is 0 Å². The summed E-state index contributed by atoms with van der Waals surface area (Å²) in [5.74, 6) is 0. The second-order valence-corrected chi connectivity index (χ2v) is 7.01. The molecule has 3 aromatic rings. The number of amides is 1. The van der Waals surface area contributed by atoms with E-state index in [1.165, 1.54) is 0 Å². The first-order valence-corrected chi connectivity index (χ1v) is 10.2. The second kappa shape index (κ2) is 11.0. The van der Waals surface area contributed by atoms with Crippen molar-refractivity contribution in [2.24, 2.45) is 0 Å². The number of anilines is 1. The molecule has 0 radical (unpaired) electrons. The Morgan fingerprint density at radius 2 is 1.27 bits per heavy atom. The minimum atomic E-state index is -0.476. The van der Waals surface area contributed by atoms with Crippen LogP contribution in [0.25, 0.3) is 0 Å². The van der Waals surface area contributed by atoms with Crippen molar-refractivity contribution in [3.63, 3.8) is 0 Å². The number of thiocarbonyl (C=S) groups is 1. The molecule has 1 amide bonds. The maximum absolute atomic E-state index is 12.3. The molecular formula is C24H25N3O2S. The summed E-state index contributed by atoms with van der Waals surface area (Å²) in [5, 5.41) is 10.0. The molecular weight excluding hydrogens is 394 g/mol. The minimum absolute atomic E-state index is 0.296. The smallest absolute Gasteiger partial charge is 0.407 e. The molecule has 0 aliphatic heterocycles. The van der Waals surface area contributed by atoms with E-state index >= 15 is 0 Å². The van der Waals surface area contributed by atoms with Crippen LogP contribution >= 0.6 is 12.2 Å². The maximum atomic E-state index is 12.3. The van der Waals surface area contributed by atoms with Crippen LogP contribution in [0.2, 0.25) is 0 Å². The van der Waals surface area contributed by atoms with Crippen molar-refractivity contribution >= 4 is 29.1 Å². The lowest BCUT2D eigenvalue weighted by molar-refractivity contribution is 0.145. The van der Waals surface area contributed by atoms with Crippen LogP contribution < -0.4 is 16.0 Å². The highest BCUT2D eigenvalue weighted by Gasteiger charge is 2.27. The van der Waals surface area contributed by atoms with Crippen molar-refractivity contribution in [1.29, 1.82) is 0 Å². The van der Waals surface area contributed by atoms with Crippen molar-refractivity contribution in [3.05, 3.63) is 102 Å². The zero-order chi connectivity index (χ0) is 21.2. The van der Waals surface area contributed by atoms with E-state index in [1.807, 2.05) is 91.0 Å². The first-order chi connectivity index (χ1) is 14.7. The lowest BCUT2D eigenvalue weighted by Crippen LogP contribution is -2.42. The number of para-hydroxylation sites is 1. The van der Waals surface area contributed by atoms with Gasteiger partial charge in [-0.2, -0.15) is 0 Å². The fraction of sp³-hybridized carbons (Fsp3) is 0.167. The molecule has 0 saturated carbocycles. The predicted molar refractivity (Wildman–Crippen MR) is 124 cm³/mol. The summed E-state index contributed by atoms with van der Waals surface area (Å²) < 4.78 is 5.15. The summed E-state index contributed by atoms with van der Waals surface area (Å²) in [7, 11) is 0. The molecule has 0 aromatic heterocycles. The third kappa shape index (κ3) is 6.06. The second-order valence-electron chi connectivity index (χ2n) is 6.61. The third-order valence-corrected chi connectivity index (χ3v) is 4.74. The van der Waals surface area contributed by atoms with Crippen molar-refractivity contribution in [2.45, 2.75) is 19.0 Å². The lowest BCUT2D eigenvalue weighted by Gasteiger charge is -2.30. The van der Waals surface area contributed by atoms with Gasteiger partial charge in [0, 0.05) is 5.69 Å². The van der Waals surface area contributed by atoms with E-state index in [4.69, 9.17) is 17.0 Å². The molecule has 30 heavy (non-hydrogen) atoms. The molecule has 5 nitrogen and oxygen atoms in total. The Bertz CT molecular complexity index is 936. The highest BCUT2D eigenvalue weighted by molar-refractivity contribution is 7.80. The highest BCUT2D eigenvalue weighted by Crippen LogP contribution is 2.29. The Balaban J connectivity index is 1.91. The van der Waals surface area contributed by atoms with Crippen LogP contribution in [0.1, 0.15) is 30.1 Å². The molecule has 0 unspecified atom stereocenters. The van der Waals surface area contributed by atoms with Gasteiger partial charge in [0.2, 0.25) is 0 Å².